The molecule has 128 valence electrons. The molecular weight excluding hydrogens is 343 g/mol. The number of nitrogens with one attached hydrogen (secondary N) is 1. The molecule has 5 nitrogen and oxygen atoms in total. The van der Waals surface area contributed by atoms with Crippen molar-refractivity contribution in [3.8, 4) is 6.07 Å². The third-order valence-electron chi connectivity index (χ3n) is 4.26. The minimum absolute atomic E-state index is 0.0820. The predicted molar refractivity (Wildman–Crippen MR) is 93.9 cm³/mol. The van der Waals surface area contributed by atoms with Crippen LogP contribution in [-0.4, -0.2) is 24.0 Å². The molecule has 7 heteroatoms. The van der Waals surface area contributed by atoms with Crippen molar-refractivity contribution in [3.63, 3.8) is 0 Å². The second-order valence-corrected chi connectivity index (χ2v) is 6.33. The summed E-state index contributed by atoms with van der Waals surface area (Å²) < 4.78 is 13.3. The molecule has 0 atom stereocenters. The molecule has 2 aromatic rings. The van der Waals surface area contributed by atoms with Crippen LogP contribution in [0.15, 0.2) is 36.5 Å². The van der Waals surface area contributed by atoms with Gasteiger partial charge in [0.05, 0.1) is 10.6 Å². The van der Waals surface area contributed by atoms with Crippen molar-refractivity contribution in [1.29, 1.82) is 5.26 Å². The Balaban J connectivity index is 1.58. The highest BCUT2D eigenvalue weighted by Gasteiger charge is 2.25. The molecular formula is C18H16ClFN4O. The monoisotopic (exact) mass is 358 g/mol. The molecule has 0 saturated carbocycles. The molecule has 0 aliphatic carbocycles. The van der Waals surface area contributed by atoms with Crippen LogP contribution in [0.4, 0.5) is 15.9 Å². The van der Waals surface area contributed by atoms with E-state index >= 15 is 0 Å². The third kappa shape index (κ3) is 4.06. The smallest absolute Gasteiger partial charge is 0.227 e. The maximum Gasteiger partial charge on any atom is 0.227 e. The van der Waals surface area contributed by atoms with E-state index < -0.39 is 5.82 Å². The first-order chi connectivity index (χ1) is 12.1. The number of aromatic nitrogens is 1. The van der Waals surface area contributed by atoms with Crippen LogP contribution in [0.5, 0.6) is 0 Å². The average Bonchev–Trinajstić information content (AvgIpc) is 2.64. The number of hydrogen-bond donors (Lipinski definition) is 1. The Morgan fingerprint density at radius 1 is 1.32 bits per heavy atom. The highest BCUT2D eigenvalue weighted by atomic mass is 35.5. The number of nitriles is 1. The van der Waals surface area contributed by atoms with Crippen LogP contribution < -0.4 is 10.2 Å². The number of rotatable bonds is 3. The van der Waals surface area contributed by atoms with Crippen molar-refractivity contribution in [2.75, 3.05) is 23.3 Å². The SMILES string of the molecule is N#Cc1cc(NC(=O)C2CCN(c3ccc(Cl)cn3)CC2)ccc1F. The molecule has 1 fully saturated rings. The van der Waals surface area contributed by atoms with Gasteiger partial charge in [0.15, 0.2) is 0 Å². The molecule has 1 saturated heterocycles. The largest absolute Gasteiger partial charge is 0.357 e. The van der Waals surface area contributed by atoms with E-state index in [2.05, 4.69) is 15.2 Å². The molecule has 1 amide bonds. The van der Waals surface area contributed by atoms with Crippen molar-refractivity contribution >= 4 is 29.0 Å². The summed E-state index contributed by atoms with van der Waals surface area (Å²) in [6.07, 6.45) is 3.00. The van der Waals surface area contributed by atoms with E-state index in [1.54, 1.807) is 18.3 Å². The van der Waals surface area contributed by atoms with Crippen LogP contribution in [0.1, 0.15) is 18.4 Å². The molecule has 1 aromatic carbocycles. The van der Waals surface area contributed by atoms with E-state index in [9.17, 15) is 9.18 Å². The van der Waals surface area contributed by atoms with Crippen molar-refractivity contribution in [2.24, 2.45) is 5.92 Å². The lowest BCUT2D eigenvalue weighted by Gasteiger charge is -2.32. The summed E-state index contributed by atoms with van der Waals surface area (Å²) >= 11 is 5.85. The van der Waals surface area contributed by atoms with Crippen LogP contribution in [0.2, 0.25) is 5.02 Å². The summed E-state index contributed by atoms with van der Waals surface area (Å²) in [5, 5.41) is 12.2. The Hall–Kier alpha value is -2.65. The molecule has 1 N–H and O–H groups in total. The van der Waals surface area contributed by atoms with Gasteiger partial charge in [-0.15, -0.1) is 0 Å². The molecule has 0 bridgehead atoms. The molecule has 1 aliphatic rings. The molecule has 0 unspecified atom stereocenters. The topological polar surface area (TPSA) is 69.0 Å². The Bertz CT molecular complexity index is 811. The van der Waals surface area contributed by atoms with E-state index in [1.807, 2.05) is 6.07 Å². The zero-order chi connectivity index (χ0) is 17.8. The maximum atomic E-state index is 13.3. The van der Waals surface area contributed by atoms with Crippen LogP contribution in [0, 0.1) is 23.1 Å². The fraction of sp³-hybridized carbons (Fsp3) is 0.278. The number of anilines is 2. The number of amides is 1. The molecule has 1 aliphatic heterocycles. The van der Waals surface area contributed by atoms with Gasteiger partial charge in [0.25, 0.3) is 0 Å². The number of nitrogens with zero attached hydrogens (tertiary/aromatic N) is 3. The van der Waals surface area contributed by atoms with Gasteiger partial charge in [-0.25, -0.2) is 9.37 Å². The first-order valence-electron chi connectivity index (χ1n) is 7.94. The summed E-state index contributed by atoms with van der Waals surface area (Å²) in [5.41, 5.74) is 0.353. The number of halogens is 2. The third-order valence-corrected chi connectivity index (χ3v) is 4.48. The quantitative estimate of drug-likeness (QED) is 0.910. The van der Waals surface area contributed by atoms with Crippen molar-refractivity contribution in [1.82, 2.24) is 4.98 Å². The Morgan fingerprint density at radius 3 is 2.72 bits per heavy atom. The van der Waals surface area contributed by atoms with Crippen molar-refractivity contribution in [2.45, 2.75) is 12.8 Å². The lowest BCUT2D eigenvalue weighted by molar-refractivity contribution is -0.120. The summed E-state index contributed by atoms with van der Waals surface area (Å²) in [5.74, 6) is 0.0167. The minimum Gasteiger partial charge on any atom is -0.357 e. The van der Waals surface area contributed by atoms with Crippen LogP contribution in [0.3, 0.4) is 0 Å². The van der Waals surface area contributed by atoms with Gasteiger partial charge in [-0.3, -0.25) is 4.79 Å². The van der Waals surface area contributed by atoms with Gasteiger partial charge in [0.1, 0.15) is 17.7 Å². The number of carbonyl (C=O) groups is 1. The maximum absolute atomic E-state index is 13.3. The molecule has 3 rings (SSSR count). The van der Waals surface area contributed by atoms with Gasteiger partial charge < -0.3 is 10.2 Å². The van der Waals surface area contributed by atoms with E-state index in [4.69, 9.17) is 16.9 Å². The van der Waals surface area contributed by atoms with Crippen molar-refractivity contribution in [3.05, 3.63) is 52.9 Å². The molecule has 2 heterocycles. The van der Waals surface area contributed by atoms with Crippen molar-refractivity contribution < 1.29 is 9.18 Å². The fourth-order valence-electron chi connectivity index (χ4n) is 2.86. The summed E-state index contributed by atoms with van der Waals surface area (Å²) in [6, 6.07) is 9.42. The molecule has 1 aromatic heterocycles. The standard InChI is InChI=1S/C18H16ClFN4O/c19-14-1-4-17(22-11-14)24-7-5-12(6-8-24)18(25)23-15-2-3-16(20)13(9-15)10-21/h1-4,9,11-12H,5-8H2,(H,23,25). The molecule has 0 radical (unpaired) electrons. The minimum atomic E-state index is -0.593. The van der Waals surface area contributed by atoms with E-state index in [1.165, 1.54) is 18.2 Å². The summed E-state index contributed by atoms with van der Waals surface area (Å²) in [7, 11) is 0. The zero-order valence-electron chi connectivity index (χ0n) is 13.4. The highest BCUT2D eigenvalue weighted by Crippen LogP contribution is 2.24. The first kappa shape index (κ1) is 17.2. The number of benzene rings is 1. The normalized spacial score (nSPS) is 14.8. The second-order valence-electron chi connectivity index (χ2n) is 5.89. The van der Waals surface area contributed by atoms with Crippen LogP contribution >= 0.6 is 11.6 Å². The van der Waals surface area contributed by atoms with Crippen LogP contribution in [0.25, 0.3) is 0 Å². The highest BCUT2D eigenvalue weighted by molar-refractivity contribution is 6.30. The predicted octanol–water partition coefficient (Wildman–Crippen LogP) is 3.60. The van der Waals surface area contributed by atoms with Gasteiger partial charge in [-0.2, -0.15) is 5.26 Å². The lowest BCUT2D eigenvalue weighted by atomic mass is 9.95. The van der Waals surface area contributed by atoms with Gasteiger partial charge in [0.2, 0.25) is 5.91 Å². The van der Waals surface area contributed by atoms with E-state index in [0.29, 0.717) is 23.6 Å². The Morgan fingerprint density at radius 2 is 2.08 bits per heavy atom. The Kier molecular flexibility index (Phi) is 5.15. The van der Waals surface area contributed by atoms with Gasteiger partial charge >= 0.3 is 0 Å². The summed E-state index contributed by atoms with van der Waals surface area (Å²) in [6.45, 7) is 1.44. The van der Waals surface area contributed by atoms with Gasteiger partial charge in [0, 0.05) is 30.9 Å². The first-order valence-corrected chi connectivity index (χ1v) is 8.31. The molecule has 25 heavy (non-hydrogen) atoms. The molecule has 0 spiro atoms. The second kappa shape index (κ2) is 7.49. The summed E-state index contributed by atoms with van der Waals surface area (Å²) in [4.78, 5) is 18.8. The number of hydrogen-bond acceptors (Lipinski definition) is 4. The fourth-order valence-corrected chi connectivity index (χ4v) is 2.97. The van der Waals surface area contributed by atoms with Gasteiger partial charge in [-0.05, 0) is 43.2 Å². The lowest BCUT2D eigenvalue weighted by Crippen LogP contribution is -2.38. The number of pyridine rings is 1. The number of piperidine rings is 1. The van der Waals surface area contributed by atoms with E-state index in [-0.39, 0.29) is 17.4 Å². The van der Waals surface area contributed by atoms with Crippen LogP contribution in [-0.2, 0) is 4.79 Å². The zero-order valence-corrected chi connectivity index (χ0v) is 14.1. The number of carbonyl (C=O) groups excluding carboxylic acids is 1. The Labute approximate surface area is 150 Å². The van der Waals surface area contributed by atoms with Gasteiger partial charge in [-0.1, -0.05) is 11.6 Å². The van der Waals surface area contributed by atoms with E-state index in [0.717, 1.165) is 18.9 Å². The average molecular weight is 359 g/mol.